The van der Waals surface area contributed by atoms with Gasteiger partial charge in [-0.15, -0.1) is 46.8 Å². The smallest absolute Gasteiger partial charge is 0.257 e. The molecule has 2 aromatic heterocycles. The Bertz CT molecular complexity index is 1280. The summed E-state index contributed by atoms with van der Waals surface area (Å²) in [4.78, 5) is 23.2. The molecule has 0 bridgehead atoms. The van der Waals surface area contributed by atoms with E-state index in [0.717, 1.165) is 56.8 Å². The van der Waals surface area contributed by atoms with E-state index < -0.39 is 0 Å². The molecule has 0 fully saturated rings. The molecule has 8 heteroatoms. The Morgan fingerprint density at radius 2 is 1.91 bits per heavy atom. The normalized spacial score (nSPS) is 13.6. The first-order chi connectivity index (χ1) is 16.0. The number of halogens is 1. The summed E-state index contributed by atoms with van der Waals surface area (Å²) in [5.41, 5.74) is 4.21. The van der Waals surface area contributed by atoms with Crippen molar-refractivity contribution < 1.29 is 4.79 Å². The van der Waals surface area contributed by atoms with E-state index in [2.05, 4.69) is 49.2 Å². The molecule has 0 saturated carbocycles. The average Bonchev–Trinajstić information content (AvgIpc) is 3.39. The highest BCUT2D eigenvalue weighted by atomic mass is 35.5. The Balaban J connectivity index is 0.00000274. The lowest BCUT2D eigenvalue weighted by atomic mass is 10.0. The van der Waals surface area contributed by atoms with Crippen LogP contribution in [0.5, 0.6) is 0 Å². The van der Waals surface area contributed by atoms with Crippen molar-refractivity contribution in [3.63, 3.8) is 0 Å². The van der Waals surface area contributed by atoms with Crippen molar-refractivity contribution >= 4 is 68.0 Å². The maximum atomic E-state index is 13.4. The molecule has 4 aromatic rings. The van der Waals surface area contributed by atoms with Crippen molar-refractivity contribution in [2.45, 2.75) is 44.7 Å². The molecule has 0 unspecified atom stereocenters. The number of benzene rings is 2. The SMILES string of the molecule is CCSc1ccccc1C(=O)Nc1sc2c(c1-c1nc3ccccc3s1)CCN(C(C)C)C2.Cl. The summed E-state index contributed by atoms with van der Waals surface area (Å²) in [6.45, 7) is 8.56. The van der Waals surface area contributed by atoms with Gasteiger partial charge in [-0.05, 0) is 55.9 Å². The number of hydrogen-bond acceptors (Lipinski definition) is 6. The summed E-state index contributed by atoms with van der Waals surface area (Å²) in [6.07, 6.45) is 0.980. The maximum absolute atomic E-state index is 13.4. The van der Waals surface area contributed by atoms with Gasteiger partial charge in [-0.25, -0.2) is 4.98 Å². The Morgan fingerprint density at radius 3 is 2.68 bits per heavy atom. The molecule has 1 N–H and O–H groups in total. The number of thiazole rings is 1. The largest absolute Gasteiger partial charge is 0.313 e. The van der Waals surface area contributed by atoms with Crippen LogP contribution in [0.4, 0.5) is 5.00 Å². The average molecular weight is 530 g/mol. The Morgan fingerprint density at radius 1 is 1.15 bits per heavy atom. The lowest BCUT2D eigenvalue weighted by molar-refractivity contribution is 0.102. The number of fused-ring (bicyclic) bond motifs is 2. The molecule has 1 aliphatic heterocycles. The third kappa shape index (κ3) is 4.90. The number of para-hydroxylation sites is 1. The van der Waals surface area contributed by atoms with Crippen LogP contribution < -0.4 is 5.32 Å². The van der Waals surface area contributed by atoms with E-state index in [1.54, 1.807) is 34.4 Å². The second kappa shape index (κ2) is 10.8. The van der Waals surface area contributed by atoms with E-state index in [0.29, 0.717) is 6.04 Å². The van der Waals surface area contributed by atoms with Crippen LogP contribution in [0.15, 0.2) is 53.4 Å². The van der Waals surface area contributed by atoms with Gasteiger partial charge >= 0.3 is 0 Å². The van der Waals surface area contributed by atoms with Crippen LogP contribution in [0, 0.1) is 0 Å². The first-order valence-electron chi connectivity index (χ1n) is 11.3. The third-order valence-electron chi connectivity index (χ3n) is 5.98. The molecule has 4 nitrogen and oxygen atoms in total. The van der Waals surface area contributed by atoms with Crippen molar-refractivity contribution in [1.82, 2.24) is 9.88 Å². The second-order valence-electron chi connectivity index (χ2n) is 8.39. The van der Waals surface area contributed by atoms with Gasteiger partial charge in [-0.3, -0.25) is 9.69 Å². The third-order valence-corrected chi connectivity index (χ3v) is 9.12. The molecule has 178 valence electrons. The zero-order valence-corrected chi connectivity index (χ0v) is 22.7. The second-order valence-corrected chi connectivity index (χ2v) is 11.8. The van der Waals surface area contributed by atoms with Gasteiger partial charge in [0.15, 0.2) is 0 Å². The Hall–Kier alpha value is -1.90. The molecule has 5 rings (SSSR count). The predicted molar refractivity (Wildman–Crippen MR) is 150 cm³/mol. The molecule has 0 saturated heterocycles. The van der Waals surface area contributed by atoms with Gasteiger partial charge in [0.2, 0.25) is 0 Å². The molecule has 0 atom stereocenters. The predicted octanol–water partition coefficient (Wildman–Crippen LogP) is 7.58. The number of carbonyl (C=O) groups excluding carboxylic acids is 1. The fourth-order valence-corrected chi connectivity index (χ4v) is 7.44. The minimum Gasteiger partial charge on any atom is -0.313 e. The zero-order valence-electron chi connectivity index (χ0n) is 19.5. The number of rotatable bonds is 6. The number of anilines is 1. The number of thioether (sulfide) groups is 1. The molecule has 1 aliphatic rings. The van der Waals surface area contributed by atoms with Gasteiger partial charge < -0.3 is 5.32 Å². The van der Waals surface area contributed by atoms with Crippen molar-refractivity contribution in [3.8, 4) is 10.6 Å². The maximum Gasteiger partial charge on any atom is 0.257 e. The zero-order chi connectivity index (χ0) is 22.9. The number of amides is 1. The van der Waals surface area contributed by atoms with Gasteiger partial charge in [-0.1, -0.05) is 31.2 Å². The van der Waals surface area contributed by atoms with Crippen LogP contribution in [0.3, 0.4) is 0 Å². The summed E-state index contributed by atoms with van der Waals surface area (Å²) >= 11 is 5.13. The number of aromatic nitrogens is 1. The van der Waals surface area contributed by atoms with Gasteiger partial charge in [0.05, 0.1) is 15.8 Å². The Kier molecular flexibility index (Phi) is 8.00. The van der Waals surface area contributed by atoms with E-state index in [9.17, 15) is 4.79 Å². The minimum atomic E-state index is -0.0479. The summed E-state index contributed by atoms with van der Waals surface area (Å²) in [7, 11) is 0. The van der Waals surface area contributed by atoms with Crippen LogP contribution in [-0.2, 0) is 13.0 Å². The van der Waals surface area contributed by atoms with Crippen LogP contribution in [0.1, 0.15) is 41.6 Å². The van der Waals surface area contributed by atoms with Gasteiger partial charge in [0, 0.05) is 34.5 Å². The summed E-state index contributed by atoms with van der Waals surface area (Å²) < 4.78 is 1.18. The molecule has 0 spiro atoms. The van der Waals surface area contributed by atoms with Crippen LogP contribution in [0.25, 0.3) is 20.8 Å². The van der Waals surface area contributed by atoms with E-state index in [-0.39, 0.29) is 18.3 Å². The summed E-state index contributed by atoms with van der Waals surface area (Å²) in [6, 6.07) is 16.6. The first-order valence-corrected chi connectivity index (χ1v) is 13.9. The van der Waals surface area contributed by atoms with E-state index in [4.69, 9.17) is 4.98 Å². The molecular weight excluding hydrogens is 502 g/mol. The van der Waals surface area contributed by atoms with Gasteiger partial charge in [0.25, 0.3) is 5.91 Å². The van der Waals surface area contributed by atoms with Crippen molar-refractivity contribution in [1.29, 1.82) is 0 Å². The minimum absolute atomic E-state index is 0. The van der Waals surface area contributed by atoms with Crippen molar-refractivity contribution in [3.05, 3.63) is 64.5 Å². The molecule has 0 radical (unpaired) electrons. The Labute approximate surface area is 219 Å². The number of hydrogen-bond donors (Lipinski definition) is 1. The van der Waals surface area contributed by atoms with Crippen molar-refractivity contribution in [2.75, 3.05) is 17.6 Å². The fourth-order valence-electron chi connectivity index (χ4n) is 4.26. The number of carbonyl (C=O) groups is 1. The lowest BCUT2D eigenvalue weighted by Gasteiger charge is -2.30. The molecule has 2 aromatic carbocycles. The van der Waals surface area contributed by atoms with Crippen LogP contribution in [0.2, 0.25) is 0 Å². The topological polar surface area (TPSA) is 45.2 Å². The highest BCUT2D eigenvalue weighted by Crippen LogP contribution is 2.46. The van der Waals surface area contributed by atoms with E-state index >= 15 is 0 Å². The highest BCUT2D eigenvalue weighted by Gasteiger charge is 2.29. The first kappa shape index (κ1) is 25.2. The molecule has 34 heavy (non-hydrogen) atoms. The number of nitrogens with zero attached hydrogens (tertiary/aromatic N) is 2. The van der Waals surface area contributed by atoms with E-state index in [1.165, 1.54) is 15.1 Å². The number of nitrogens with one attached hydrogen (secondary N) is 1. The van der Waals surface area contributed by atoms with Crippen molar-refractivity contribution in [2.24, 2.45) is 0 Å². The van der Waals surface area contributed by atoms with Gasteiger partial charge in [0.1, 0.15) is 10.0 Å². The highest BCUT2D eigenvalue weighted by molar-refractivity contribution is 7.99. The number of thiophene rings is 1. The quantitative estimate of drug-likeness (QED) is 0.261. The molecule has 1 amide bonds. The molecule has 0 aliphatic carbocycles. The standard InChI is InChI=1S/C26H27N3OS3.ClH/c1-4-31-20-11-7-5-9-18(20)24(30)28-26-23(25-27-19-10-6-8-12-21(19)32-25)17-13-14-29(16(2)3)15-22(17)33-26;/h5-12,16H,4,13-15H2,1-3H3,(H,28,30);1H. The van der Waals surface area contributed by atoms with Gasteiger partial charge in [-0.2, -0.15) is 0 Å². The summed E-state index contributed by atoms with van der Waals surface area (Å²) in [5.74, 6) is 0.882. The summed E-state index contributed by atoms with van der Waals surface area (Å²) in [5, 5.41) is 5.20. The monoisotopic (exact) mass is 529 g/mol. The molecule has 3 heterocycles. The lowest BCUT2D eigenvalue weighted by Crippen LogP contribution is -2.35. The fraction of sp³-hybridized carbons (Fsp3) is 0.308. The molecular formula is C26H28ClN3OS3. The van der Waals surface area contributed by atoms with Crippen LogP contribution >= 0.6 is 46.8 Å². The van der Waals surface area contributed by atoms with E-state index in [1.807, 2.05) is 30.3 Å². The van der Waals surface area contributed by atoms with Crippen LogP contribution in [-0.4, -0.2) is 34.1 Å².